The Morgan fingerprint density at radius 1 is 0.591 bits per heavy atom. The number of fused-ring (bicyclic) bond motifs is 7. The van der Waals surface area contributed by atoms with Crippen LogP contribution < -0.4 is 0 Å². The van der Waals surface area contributed by atoms with E-state index < -0.39 is 224 Å². The molecule has 4 saturated heterocycles. The SMILES string of the molecule is C/C=C(/C)C(=O)O[C@@H]1[C@H](C)[C@@H](C)[C@@H]2[C@H]3CC[C@@H]4[C@@]5(C)CC[C@H]([C@@H]6O[C@H](C(=O)O)[C@@H](O)[C@H](O[C@@H]7OC[C@H](O)[C@H](O)[C@H]7O[C@@H]7OC[C@@H](O)[C@H](O)[C@H]7O)[C@H]6O[C@@H]6O[C@H](CO)[C@H](O)[C@H](O)[C@H]6O)[C@@](C)(C=O)[C@@H]5CC[C@@]4(C)[C@]3(C)CC(O)[C@@]2(CO)[C@H]1OC(=O)/C(C)=C\C. The summed E-state index contributed by atoms with van der Waals surface area (Å²) >= 11 is 0. The van der Waals surface area contributed by atoms with Crippen molar-refractivity contribution in [3.8, 4) is 0 Å². The Balaban J connectivity index is 1.08. The highest BCUT2D eigenvalue weighted by atomic mass is 16.8. The van der Waals surface area contributed by atoms with E-state index in [4.69, 9.17) is 42.6 Å². The number of hydrogen-bond donors (Lipinski definition) is 13. The van der Waals surface area contributed by atoms with Gasteiger partial charge in [0, 0.05) is 22.5 Å². The second-order valence-corrected chi connectivity index (χ2v) is 28.0. The van der Waals surface area contributed by atoms with Crippen molar-refractivity contribution in [1.29, 1.82) is 0 Å². The Bertz CT molecular complexity index is 2590. The minimum atomic E-state index is -2.23. The molecule has 88 heavy (non-hydrogen) atoms. The largest absolute Gasteiger partial charge is 0.479 e. The molecule has 500 valence electrons. The molecular formula is C62H96O26. The normalized spacial score (nSPS) is 52.4. The highest BCUT2D eigenvalue weighted by molar-refractivity contribution is 5.88. The van der Waals surface area contributed by atoms with Crippen LogP contribution in [0.3, 0.4) is 0 Å². The highest BCUT2D eigenvalue weighted by Crippen LogP contribution is 2.78. The molecule has 1 unspecified atom stereocenters. The Morgan fingerprint density at radius 3 is 1.78 bits per heavy atom. The average Bonchev–Trinajstić information content (AvgIpc) is 0.680. The van der Waals surface area contributed by atoms with Crippen LogP contribution in [0.25, 0.3) is 0 Å². The molecule has 9 fully saturated rings. The monoisotopic (exact) mass is 1260 g/mol. The average molecular weight is 1260 g/mol. The van der Waals surface area contributed by atoms with Crippen molar-refractivity contribution in [2.75, 3.05) is 26.4 Å². The molecule has 9 aliphatic rings. The fourth-order valence-corrected chi connectivity index (χ4v) is 18.6. The minimum Gasteiger partial charge on any atom is -0.479 e. The van der Waals surface area contributed by atoms with Crippen molar-refractivity contribution in [3.63, 3.8) is 0 Å². The molecule has 0 spiro atoms. The van der Waals surface area contributed by atoms with Gasteiger partial charge in [0.25, 0.3) is 0 Å². The van der Waals surface area contributed by atoms with Gasteiger partial charge in [0.2, 0.25) is 0 Å². The summed E-state index contributed by atoms with van der Waals surface area (Å²) in [6, 6.07) is 0. The lowest BCUT2D eigenvalue weighted by molar-refractivity contribution is -0.381. The number of esters is 2. The number of ether oxygens (including phenoxy) is 9. The standard InChI is InChI=1S/C62H96O26/c1-11-25(3)53(78)84-45-28(6)27(5)37-29-13-14-35-58(7)17-15-30(59(8,23-64)34(58)16-18-60(35,9)61(29,10)19-36(68)62(37,24-65)51(45)88-54(79)26(4)12-2)46-50(87-56-43(74)41(72)40(71)33(20-63)82-56)47(44(75)48(83-46)52(76)77)85-57-49(39(70)32(67)22-81-57)86-55-42(73)38(69)31(66)21-80-55/h11-12,23,27-51,55-57,63,65-75H,13-22,24H2,1-10H3,(H,76,77)/b25-11-,26-12-/t27-,28-,29-,30-,31-,32+,33-,34-,35-,36?,37-,38+,39+,40+,41+,42-,43-,44+,45-,46+,47+,48+,49-,50+,51+,55+,56+,57+,58+,59-,60-,61-,62-/m1/s1. The lowest BCUT2D eigenvalue weighted by atomic mass is 9.30. The summed E-state index contributed by atoms with van der Waals surface area (Å²) < 4.78 is 55.1. The van der Waals surface area contributed by atoms with Gasteiger partial charge < -0.3 is 114 Å². The van der Waals surface area contributed by atoms with Crippen LogP contribution in [0.15, 0.2) is 23.3 Å². The van der Waals surface area contributed by atoms with Gasteiger partial charge in [-0.25, -0.2) is 14.4 Å². The molecular weight excluding hydrogens is 1160 g/mol. The molecule has 9 rings (SSSR count). The summed E-state index contributed by atoms with van der Waals surface area (Å²) in [5, 5.41) is 145. The first kappa shape index (κ1) is 69.1. The van der Waals surface area contributed by atoms with Crippen LogP contribution in [0.1, 0.15) is 114 Å². The molecule has 4 heterocycles. The third-order valence-corrected chi connectivity index (χ3v) is 24.1. The van der Waals surface area contributed by atoms with E-state index in [9.17, 15) is 85.6 Å². The predicted octanol–water partition coefficient (Wildman–Crippen LogP) is -0.856. The summed E-state index contributed by atoms with van der Waals surface area (Å²) in [5.74, 6) is -5.94. The molecule has 0 amide bonds. The molecule has 4 aliphatic heterocycles. The summed E-state index contributed by atoms with van der Waals surface area (Å²) in [6.45, 7) is 16.3. The van der Waals surface area contributed by atoms with Gasteiger partial charge in [-0.05, 0) is 124 Å². The van der Waals surface area contributed by atoms with E-state index in [-0.39, 0.29) is 30.6 Å². The Hall–Kier alpha value is -3.20. The number of carbonyl (C=O) groups is 4. The first-order valence-electron chi connectivity index (χ1n) is 31.2. The summed E-state index contributed by atoms with van der Waals surface area (Å²) in [7, 11) is 0. The molecule has 5 aliphatic carbocycles. The van der Waals surface area contributed by atoms with Crippen LogP contribution in [0.2, 0.25) is 0 Å². The second kappa shape index (κ2) is 25.9. The number of aldehydes is 1. The molecule has 0 aromatic heterocycles. The molecule has 0 aromatic rings. The maximum atomic E-state index is 14.5. The number of allylic oxidation sites excluding steroid dienone is 2. The van der Waals surface area contributed by atoms with Gasteiger partial charge in [0.1, 0.15) is 97.8 Å². The molecule has 26 heteroatoms. The van der Waals surface area contributed by atoms with Gasteiger partial charge in [-0.2, -0.15) is 0 Å². The third kappa shape index (κ3) is 11.1. The zero-order valence-electron chi connectivity index (χ0n) is 51.8. The van der Waals surface area contributed by atoms with Crippen molar-refractivity contribution in [2.24, 2.45) is 68.5 Å². The molecule has 26 nitrogen and oxygen atoms in total. The van der Waals surface area contributed by atoms with Crippen LogP contribution in [-0.4, -0.2) is 246 Å². The van der Waals surface area contributed by atoms with Crippen LogP contribution in [0.5, 0.6) is 0 Å². The highest BCUT2D eigenvalue weighted by Gasteiger charge is 2.76. The number of aliphatic hydroxyl groups excluding tert-OH is 12. The van der Waals surface area contributed by atoms with Gasteiger partial charge in [-0.1, -0.05) is 53.7 Å². The minimum absolute atomic E-state index is 0.129. The Morgan fingerprint density at radius 2 is 1.18 bits per heavy atom. The van der Waals surface area contributed by atoms with E-state index in [0.717, 1.165) is 6.29 Å². The molecule has 13 N–H and O–H groups in total. The van der Waals surface area contributed by atoms with E-state index in [2.05, 4.69) is 20.8 Å². The second-order valence-electron chi connectivity index (χ2n) is 28.0. The Kier molecular flexibility index (Phi) is 20.4. The molecule has 33 atom stereocenters. The van der Waals surface area contributed by atoms with Crippen molar-refractivity contribution >= 4 is 24.2 Å². The zero-order valence-corrected chi connectivity index (χ0v) is 51.8. The van der Waals surface area contributed by atoms with E-state index in [1.165, 1.54) is 0 Å². The quantitative estimate of drug-likeness (QED) is 0.0539. The summed E-state index contributed by atoms with van der Waals surface area (Å²) in [4.78, 5) is 55.5. The number of carbonyl (C=O) groups excluding carboxylic acids is 3. The fourth-order valence-electron chi connectivity index (χ4n) is 18.6. The topological polar surface area (TPSA) is 414 Å². The zero-order chi connectivity index (χ0) is 64.8. The van der Waals surface area contributed by atoms with Crippen molar-refractivity contribution in [3.05, 3.63) is 23.3 Å². The van der Waals surface area contributed by atoms with E-state index in [0.29, 0.717) is 43.3 Å². The number of aliphatic carboxylic acids is 1. The molecule has 5 saturated carbocycles. The molecule has 0 aromatic carbocycles. The molecule has 0 radical (unpaired) electrons. The number of carboxylic acids is 1. The van der Waals surface area contributed by atoms with Crippen LogP contribution >= 0.6 is 0 Å². The van der Waals surface area contributed by atoms with Gasteiger partial charge >= 0.3 is 17.9 Å². The van der Waals surface area contributed by atoms with Gasteiger partial charge in [0.15, 0.2) is 25.0 Å². The maximum Gasteiger partial charge on any atom is 0.335 e. The number of aliphatic hydroxyl groups is 12. The van der Waals surface area contributed by atoms with Gasteiger partial charge in [-0.15, -0.1) is 0 Å². The van der Waals surface area contributed by atoms with E-state index >= 15 is 0 Å². The lowest BCUT2D eigenvalue weighted by Crippen LogP contribution is -2.75. The van der Waals surface area contributed by atoms with E-state index in [1.807, 2.05) is 13.8 Å². The maximum absolute atomic E-state index is 14.5. The Labute approximate surface area is 512 Å². The number of carboxylic acid groups (broad SMARTS) is 1. The first-order chi connectivity index (χ1) is 41.3. The van der Waals surface area contributed by atoms with Crippen molar-refractivity contribution < 1.29 is 128 Å². The number of rotatable bonds is 15. The van der Waals surface area contributed by atoms with Crippen LogP contribution in [-0.2, 0) is 61.8 Å². The number of hydrogen-bond acceptors (Lipinski definition) is 25. The van der Waals surface area contributed by atoms with Crippen LogP contribution in [0.4, 0.5) is 0 Å². The van der Waals surface area contributed by atoms with Crippen LogP contribution in [0, 0.1) is 68.5 Å². The first-order valence-corrected chi connectivity index (χ1v) is 31.2. The smallest absolute Gasteiger partial charge is 0.335 e. The van der Waals surface area contributed by atoms with Crippen molar-refractivity contribution in [2.45, 2.75) is 243 Å². The lowest BCUT2D eigenvalue weighted by Gasteiger charge is -2.75. The fraction of sp³-hybridized carbons (Fsp3) is 0.871. The van der Waals surface area contributed by atoms with E-state index in [1.54, 1.807) is 46.8 Å². The molecule has 0 bridgehead atoms. The van der Waals surface area contributed by atoms with Gasteiger partial charge in [-0.3, -0.25) is 0 Å². The predicted molar refractivity (Wildman–Crippen MR) is 301 cm³/mol. The summed E-state index contributed by atoms with van der Waals surface area (Å²) in [6.07, 6.45) is -30.3. The van der Waals surface area contributed by atoms with Gasteiger partial charge in [0.05, 0.1) is 44.1 Å². The van der Waals surface area contributed by atoms with Crippen molar-refractivity contribution in [1.82, 2.24) is 0 Å². The third-order valence-electron chi connectivity index (χ3n) is 24.1. The summed E-state index contributed by atoms with van der Waals surface area (Å²) in [5.41, 5.74) is -4.17.